The number of carbonyl (C=O) groups excluding carboxylic acids is 1. The molecule has 1 aromatic carbocycles. The number of benzene rings is 1. The van der Waals surface area contributed by atoms with Crippen LogP contribution in [0.1, 0.15) is 37.4 Å². The van der Waals surface area contributed by atoms with Gasteiger partial charge in [0.15, 0.2) is 17.2 Å². The Kier molecular flexibility index (Phi) is 4.84. The molecule has 3 heterocycles. The maximum Gasteiger partial charge on any atom is 0.245 e. The first-order valence-electron chi connectivity index (χ1n) is 10.0. The molecule has 0 spiro atoms. The van der Waals surface area contributed by atoms with E-state index in [-0.39, 0.29) is 17.2 Å². The molecule has 3 aromatic rings. The molecule has 1 amide bonds. The normalized spacial score (nSPS) is 16.3. The lowest BCUT2D eigenvalue weighted by Gasteiger charge is -2.52. The van der Waals surface area contributed by atoms with Crippen molar-refractivity contribution in [3.05, 3.63) is 54.0 Å². The van der Waals surface area contributed by atoms with E-state index >= 15 is 0 Å². The molecular weight excluding hydrogens is 383 g/mol. The van der Waals surface area contributed by atoms with E-state index in [0.717, 1.165) is 23.1 Å². The van der Waals surface area contributed by atoms with Crippen LogP contribution in [0.4, 0.5) is 4.39 Å². The number of amides is 1. The number of aromatic hydroxyl groups is 1. The summed E-state index contributed by atoms with van der Waals surface area (Å²) in [5, 5.41) is 19.4. The molecule has 0 radical (unpaired) electrons. The molecule has 2 aromatic heterocycles. The van der Waals surface area contributed by atoms with E-state index in [9.17, 15) is 14.3 Å². The molecule has 156 valence electrons. The predicted octanol–water partition coefficient (Wildman–Crippen LogP) is 4.31. The topological polar surface area (TPSA) is 82.1 Å². The number of hydrogen-bond donors (Lipinski definition) is 2. The second-order valence-electron chi connectivity index (χ2n) is 8.30. The number of fused-ring (bicyclic) bond motifs is 1. The Morgan fingerprint density at radius 2 is 2.17 bits per heavy atom. The molecule has 0 saturated carbocycles. The molecule has 0 bridgehead atoms. The van der Waals surface area contributed by atoms with Crippen molar-refractivity contribution in [3.8, 4) is 17.0 Å². The van der Waals surface area contributed by atoms with Crippen molar-refractivity contribution in [2.24, 2.45) is 5.41 Å². The zero-order valence-corrected chi connectivity index (χ0v) is 17.4. The van der Waals surface area contributed by atoms with Gasteiger partial charge in [-0.15, -0.1) is 10.2 Å². The Balaban J connectivity index is 1.72. The summed E-state index contributed by atoms with van der Waals surface area (Å²) in [6, 6.07) is 6.19. The van der Waals surface area contributed by atoms with Crippen molar-refractivity contribution in [2.75, 3.05) is 13.1 Å². The Labute approximate surface area is 174 Å². The van der Waals surface area contributed by atoms with E-state index in [2.05, 4.69) is 35.6 Å². The maximum atomic E-state index is 13.8. The van der Waals surface area contributed by atoms with Crippen LogP contribution < -0.4 is 0 Å². The van der Waals surface area contributed by atoms with Crippen molar-refractivity contribution in [1.29, 1.82) is 0 Å². The molecule has 1 fully saturated rings. The number of phenols is 1. The zero-order valence-electron chi connectivity index (χ0n) is 17.4. The highest BCUT2D eigenvalue weighted by atomic mass is 19.1. The highest BCUT2D eigenvalue weighted by Crippen LogP contribution is 2.47. The van der Waals surface area contributed by atoms with Crippen molar-refractivity contribution in [2.45, 2.75) is 33.1 Å². The van der Waals surface area contributed by atoms with Crippen LogP contribution in [0, 0.1) is 18.2 Å². The van der Waals surface area contributed by atoms with E-state index in [1.54, 1.807) is 11.0 Å². The maximum absolute atomic E-state index is 13.8. The van der Waals surface area contributed by atoms with Gasteiger partial charge < -0.3 is 15.0 Å². The van der Waals surface area contributed by atoms with Gasteiger partial charge >= 0.3 is 0 Å². The van der Waals surface area contributed by atoms with E-state index in [0.29, 0.717) is 30.0 Å². The highest BCUT2D eigenvalue weighted by molar-refractivity contribution is 5.88. The molecule has 1 unspecified atom stereocenters. The number of nitrogens with zero attached hydrogens (tertiary/aromatic N) is 3. The summed E-state index contributed by atoms with van der Waals surface area (Å²) in [5.41, 5.74) is 3.47. The molecule has 4 rings (SSSR count). The number of nitrogens with one attached hydrogen (secondary N) is 1. The minimum absolute atomic E-state index is 0.0406. The Morgan fingerprint density at radius 1 is 1.43 bits per heavy atom. The van der Waals surface area contributed by atoms with Crippen LogP contribution in [-0.4, -0.2) is 44.2 Å². The Morgan fingerprint density at radius 3 is 2.83 bits per heavy atom. The fourth-order valence-corrected chi connectivity index (χ4v) is 4.71. The van der Waals surface area contributed by atoms with E-state index < -0.39 is 11.6 Å². The van der Waals surface area contributed by atoms with Crippen molar-refractivity contribution in [1.82, 2.24) is 20.1 Å². The van der Waals surface area contributed by atoms with E-state index in [4.69, 9.17) is 0 Å². The first-order chi connectivity index (χ1) is 14.3. The van der Waals surface area contributed by atoms with Gasteiger partial charge in [-0.2, -0.15) is 0 Å². The number of aromatic amines is 1. The fraction of sp³-hybridized carbons (Fsp3) is 0.348. The molecule has 1 atom stereocenters. The summed E-state index contributed by atoms with van der Waals surface area (Å²) in [6.07, 6.45) is 2.26. The Bertz CT molecular complexity index is 1150. The van der Waals surface area contributed by atoms with Crippen LogP contribution in [0.3, 0.4) is 0 Å². The molecule has 6 nitrogen and oxygen atoms in total. The van der Waals surface area contributed by atoms with Crippen LogP contribution in [0.15, 0.2) is 36.9 Å². The van der Waals surface area contributed by atoms with Gasteiger partial charge in [-0.05, 0) is 43.2 Å². The molecule has 1 aliphatic heterocycles. The third kappa shape index (κ3) is 3.05. The number of hydrogen-bond acceptors (Lipinski definition) is 4. The van der Waals surface area contributed by atoms with Gasteiger partial charge in [-0.3, -0.25) is 4.79 Å². The third-order valence-electron chi connectivity index (χ3n) is 6.31. The van der Waals surface area contributed by atoms with E-state index in [1.165, 1.54) is 18.2 Å². The average molecular weight is 408 g/mol. The molecule has 2 N–H and O–H groups in total. The second kappa shape index (κ2) is 7.23. The van der Waals surface area contributed by atoms with Crippen LogP contribution in [0.5, 0.6) is 5.75 Å². The highest BCUT2D eigenvalue weighted by Gasteiger charge is 2.47. The van der Waals surface area contributed by atoms with Crippen LogP contribution >= 0.6 is 0 Å². The number of rotatable bonds is 5. The number of halogens is 1. The minimum atomic E-state index is -0.691. The Hall–Kier alpha value is -3.22. The van der Waals surface area contributed by atoms with Crippen LogP contribution in [0.25, 0.3) is 22.3 Å². The lowest BCUT2D eigenvalue weighted by atomic mass is 9.68. The van der Waals surface area contributed by atoms with Crippen molar-refractivity contribution in [3.63, 3.8) is 0 Å². The van der Waals surface area contributed by atoms with Gasteiger partial charge in [-0.25, -0.2) is 4.39 Å². The fourth-order valence-electron chi connectivity index (χ4n) is 4.71. The first kappa shape index (κ1) is 20.1. The summed E-state index contributed by atoms with van der Waals surface area (Å²) >= 11 is 0. The molecule has 1 aliphatic rings. The summed E-state index contributed by atoms with van der Waals surface area (Å²) in [5.74, 6) is -0.948. The summed E-state index contributed by atoms with van der Waals surface area (Å²) in [6.45, 7) is 11.3. The van der Waals surface area contributed by atoms with Gasteiger partial charge in [0.05, 0.1) is 5.69 Å². The molecule has 7 heteroatoms. The summed E-state index contributed by atoms with van der Waals surface area (Å²) in [7, 11) is 0. The van der Waals surface area contributed by atoms with Crippen LogP contribution in [-0.2, 0) is 4.79 Å². The number of aromatic nitrogens is 3. The van der Waals surface area contributed by atoms with Gasteiger partial charge in [0.1, 0.15) is 0 Å². The van der Waals surface area contributed by atoms with Gasteiger partial charge in [0, 0.05) is 41.1 Å². The van der Waals surface area contributed by atoms with Crippen LogP contribution in [0.2, 0.25) is 0 Å². The van der Waals surface area contributed by atoms with E-state index in [1.807, 2.05) is 13.0 Å². The number of aryl methyl sites for hydroxylation is 1. The number of carbonyl (C=O) groups is 1. The smallest absolute Gasteiger partial charge is 0.245 e. The molecule has 1 saturated heterocycles. The lowest BCUT2D eigenvalue weighted by molar-refractivity contribution is -0.138. The predicted molar refractivity (Wildman–Crippen MR) is 114 cm³/mol. The number of phenolic OH excluding ortho intramolecular Hbond substituents is 1. The molecule has 0 aliphatic carbocycles. The summed E-state index contributed by atoms with van der Waals surface area (Å²) < 4.78 is 13.8. The zero-order chi connectivity index (χ0) is 21.6. The average Bonchev–Trinajstić information content (AvgIpc) is 3.03. The third-order valence-corrected chi connectivity index (χ3v) is 6.31. The largest absolute Gasteiger partial charge is 0.504 e. The number of H-pyrrole nitrogens is 1. The monoisotopic (exact) mass is 408 g/mol. The second-order valence-corrected chi connectivity index (χ2v) is 8.30. The quantitative estimate of drug-likeness (QED) is 0.617. The van der Waals surface area contributed by atoms with Gasteiger partial charge in [-0.1, -0.05) is 26.5 Å². The molecule has 30 heavy (non-hydrogen) atoms. The SMILES string of the molecule is C=CC(=O)N1CC(C)(C(CC)c2[nH]c3nnc(-c4cccc(F)c4O)cc3c2C)C1. The first-order valence-corrected chi connectivity index (χ1v) is 10.0. The van der Waals surface area contributed by atoms with Crippen molar-refractivity contribution < 1.29 is 14.3 Å². The number of para-hydroxylation sites is 1. The van der Waals surface area contributed by atoms with Gasteiger partial charge in [0.25, 0.3) is 0 Å². The van der Waals surface area contributed by atoms with Crippen molar-refractivity contribution >= 4 is 16.9 Å². The minimum Gasteiger partial charge on any atom is -0.504 e. The van der Waals surface area contributed by atoms with Gasteiger partial charge in [0.2, 0.25) is 5.91 Å². The lowest BCUT2D eigenvalue weighted by Crippen LogP contribution is -2.59. The standard InChI is InChI=1S/C23H25FN4O2/c1-5-16(23(4)11-28(12-23)19(29)6-2)20-13(3)15-10-18(26-27-22(15)25-20)14-8-7-9-17(24)21(14)30/h6-10,16,30H,2,5,11-12H2,1,3-4H3,(H,25,27). The number of likely N-dealkylation sites (tertiary alicyclic amines) is 1. The molecular formula is C23H25FN4O2. The summed E-state index contributed by atoms with van der Waals surface area (Å²) in [4.78, 5) is 17.1.